The number of carbonyl (C=O) groups excluding carboxylic acids is 2. The van der Waals surface area contributed by atoms with Gasteiger partial charge in [0.25, 0.3) is 5.91 Å². The Kier molecular flexibility index (Phi) is 6.51. The molecule has 10 heteroatoms. The number of piperidine rings is 2. The number of alkyl halides is 3. The van der Waals surface area contributed by atoms with Gasteiger partial charge in [-0.3, -0.25) is 9.59 Å². The lowest BCUT2D eigenvalue weighted by Crippen LogP contribution is -2.38. The molecule has 1 aromatic heterocycles. The molecule has 0 saturated carbocycles. The number of nitrogens with zero attached hydrogens (tertiary/aromatic N) is 4. The van der Waals surface area contributed by atoms with Crippen LogP contribution in [0.1, 0.15) is 54.1 Å². The molecule has 2 aliphatic heterocycles. The molecule has 0 atom stereocenters. The van der Waals surface area contributed by atoms with Crippen LogP contribution in [0, 0.1) is 0 Å². The first-order valence-electron chi connectivity index (χ1n) is 12.0. The summed E-state index contributed by atoms with van der Waals surface area (Å²) in [5, 5.41) is 0.940. The molecule has 0 radical (unpaired) electrons. The van der Waals surface area contributed by atoms with Crippen molar-refractivity contribution in [3.05, 3.63) is 60.0 Å². The smallest absolute Gasteiger partial charge is 0.406 e. The Morgan fingerprint density at radius 2 is 1.72 bits per heavy atom. The van der Waals surface area contributed by atoms with E-state index < -0.39 is 6.36 Å². The van der Waals surface area contributed by atoms with Crippen LogP contribution in [0.2, 0.25) is 0 Å². The SMILES string of the molecule is O=C(c1ccc(OC(F)(F)F)cc1)N1CCC(c2ncnc3cc(N4CCCCC4=O)ccc23)CC1. The minimum Gasteiger partial charge on any atom is -0.406 e. The Hall–Kier alpha value is -3.69. The molecular formula is C26H25F3N4O3. The lowest BCUT2D eigenvalue weighted by molar-refractivity contribution is -0.274. The third-order valence-electron chi connectivity index (χ3n) is 6.79. The summed E-state index contributed by atoms with van der Waals surface area (Å²) in [5.74, 6) is -0.310. The normalized spacial score (nSPS) is 17.5. The second kappa shape index (κ2) is 9.75. The second-order valence-corrected chi connectivity index (χ2v) is 9.10. The van der Waals surface area contributed by atoms with Gasteiger partial charge in [-0.05, 0) is 68.1 Å². The lowest BCUT2D eigenvalue weighted by Gasteiger charge is -2.32. The number of rotatable bonds is 4. The molecular weight excluding hydrogens is 473 g/mol. The van der Waals surface area contributed by atoms with Gasteiger partial charge in [0.15, 0.2) is 0 Å². The predicted octanol–water partition coefficient (Wildman–Crippen LogP) is 5.07. The number of benzene rings is 2. The monoisotopic (exact) mass is 498 g/mol. The molecule has 2 saturated heterocycles. The number of anilines is 1. The first-order valence-corrected chi connectivity index (χ1v) is 12.0. The highest BCUT2D eigenvalue weighted by Crippen LogP contribution is 2.33. The van der Waals surface area contributed by atoms with Crippen LogP contribution in [-0.4, -0.2) is 52.7 Å². The van der Waals surface area contributed by atoms with Gasteiger partial charge in [0.1, 0.15) is 12.1 Å². The van der Waals surface area contributed by atoms with Crippen molar-refractivity contribution in [1.82, 2.24) is 14.9 Å². The molecule has 0 N–H and O–H groups in total. The maximum absolute atomic E-state index is 12.9. The van der Waals surface area contributed by atoms with Gasteiger partial charge in [0.05, 0.1) is 11.2 Å². The predicted molar refractivity (Wildman–Crippen MR) is 127 cm³/mol. The lowest BCUT2D eigenvalue weighted by atomic mass is 9.90. The fourth-order valence-electron chi connectivity index (χ4n) is 4.98. The average Bonchev–Trinajstić information content (AvgIpc) is 2.87. The third-order valence-corrected chi connectivity index (χ3v) is 6.79. The highest BCUT2D eigenvalue weighted by molar-refractivity contribution is 5.96. The van der Waals surface area contributed by atoms with Gasteiger partial charge in [-0.1, -0.05) is 0 Å². The largest absolute Gasteiger partial charge is 0.573 e. The number of carbonyl (C=O) groups is 2. The fraction of sp³-hybridized carbons (Fsp3) is 0.385. The summed E-state index contributed by atoms with van der Waals surface area (Å²) in [6.07, 6.45) is 0.664. The standard InChI is InChI=1S/C26H25F3N4O3/c27-26(28,29)36-20-7-4-18(5-8-20)25(35)32-13-10-17(11-14-32)24-21-9-6-19(15-22(21)30-16-31-24)33-12-2-1-3-23(33)34/h4-9,15-17H,1-3,10-14H2. The molecule has 2 aromatic carbocycles. The molecule has 7 nitrogen and oxygen atoms in total. The van der Waals surface area contributed by atoms with Crippen LogP contribution in [0.15, 0.2) is 48.8 Å². The highest BCUT2D eigenvalue weighted by atomic mass is 19.4. The van der Waals surface area contributed by atoms with E-state index >= 15 is 0 Å². The summed E-state index contributed by atoms with van der Waals surface area (Å²) < 4.78 is 41.0. The Bertz CT molecular complexity index is 1270. The summed E-state index contributed by atoms with van der Waals surface area (Å²) in [5.41, 5.74) is 2.88. The summed E-state index contributed by atoms with van der Waals surface area (Å²) in [6.45, 7) is 1.74. The van der Waals surface area contributed by atoms with E-state index in [1.165, 1.54) is 12.1 Å². The zero-order valence-corrected chi connectivity index (χ0v) is 19.5. The number of fused-ring (bicyclic) bond motifs is 1. The van der Waals surface area contributed by atoms with E-state index in [2.05, 4.69) is 14.7 Å². The molecule has 0 aliphatic carbocycles. The molecule has 188 valence electrons. The molecule has 3 heterocycles. The molecule has 0 unspecified atom stereocenters. The van der Waals surface area contributed by atoms with E-state index in [9.17, 15) is 22.8 Å². The maximum atomic E-state index is 12.9. The third kappa shape index (κ3) is 5.12. The molecule has 2 fully saturated rings. The number of hydrogen-bond acceptors (Lipinski definition) is 5. The fourth-order valence-corrected chi connectivity index (χ4v) is 4.98. The van der Waals surface area contributed by atoms with Gasteiger partial charge < -0.3 is 14.5 Å². The number of halogens is 3. The highest BCUT2D eigenvalue weighted by Gasteiger charge is 2.31. The Morgan fingerprint density at radius 3 is 2.42 bits per heavy atom. The minimum atomic E-state index is -4.77. The maximum Gasteiger partial charge on any atom is 0.573 e. The van der Waals surface area contributed by atoms with E-state index in [0.29, 0.717) is 44.5 Å². The summed E-state index contributed by atoms with van der Waals surface area (Å²) in [7, 11) is 0. The zero-order chi connectivity index (χ0) is 25.3. The molecule has 3 aromatic rings. The Morgan fingerprint density at radius 1 is 0.972 bits per heavy atom. The first kappa shape index (κ1) is 24.0. The second-order valence-electron chi connectivity index (χ2n) is 9.10. The van der Waals surface area contributed by atoms with Crippen LogP contribution in [0.4, 0.5) is 18.9 Å². The molecule has 0 spiro atoms. The van der Waals surface area contributed by atoms with Crippen LogP contribution in [0.25, 0.3) is 10.9 Å². The van der Waals surface area contributed by atoms with Gasteiger partial charge in [-0.15, -0.1) is 13.2 Å². The van der Waals surface area contributed by atoms with E-state index in [0.717, 1.165) is 47.3 Å². The van der Waals surface area contributed by atoms with E-state index in [4.69, 9.17) is 0 Å². The van der Waals surface area contributed by atoms with Crippen molar-refractivity contribution in [3.63, 3.8) is 0 Å². The summed E-state index contributed by atoms with van der Waals surface area (Å²) >= 11 is 0. The van der Waals surface area contributed by atoms with Gasteiger partial charge in [-0.25, -0.2) is 9.97 Å². The number of likely N-dealkylation sites (tertiary alicyclic amines) is 1. The minimum absolute atomic E-state index is 0.134. The molecule has 36 heavy (non-hydrogen) atoms. The molecule has 5 rings (SSSR count). The summed E-state index contributed by atoms with van der Waals surface area (Å²) in [6, 6.07) is 10.8. The van der Waals surface area contributed by atoms with Gasteiger partial charge in [0.2, 0.25) is 5.91 Å². The van der Waals surface area contributed by atoms with Crippen molar-refractivity contribution in [2.75, 3.05) is 24.5 Å². The van der Waals surface area contributed by atoms with E-state index in [1.54, 1.807) is 11.2 Å². The van der Waals surface area contributed by atoms with Gasteiger partial charge in [-0.2, -0.15) is 0 Å². The van der Waals surface area contributed by atoms with Crippen LogP contribution in [-0.2, 0) is 4.79 Å². The molecule has 2 aliphatic rings. The topological polar surface area (TPSA) is 75.6 Å². The van der Waals surface area contributed by atoms with Gasteiger partial charge in [0, 0.05) is 48.6 Å². The molecule has 2 amide bonds. The number of aromatic nitrogens is 2. The number of hydrogen-bond donors (Lipinski definition) is 0. The van der Waals surface area contributed by atoms with Crippen molar-refractivity contribution in [2.24, 2.45) is 0 Å². The van der Waals surface area contributed by atoms with Crippen molar-refractivity contribution < 1.29 is 27.5 Å². The molecule has 0 bridgehead atoms. The van der Waals surface area contributed by atoms with Crippen molar-refractivity contribution in [1.29, 1.82) is 0 Å². The van der Waals surface area contributed by atoms with Crippen LogP contribution >= 0.6 is 0 Å². The average molecular weight is 499 g/mol. The van der Waals surface area contributed by atoms with Crippen molar-refractivity contribution in [2.45, 2.75) is 44.4 Å². The number of amides is 2. The van der Waals surface area contributed by atoms with Crippen molar-refractivity contribution in [3.8, 4) is 5.75 Å². The Labute approximate surface area is 205 Å². The van der Waals surface area contributed by atoms with Crippen LogP contribution in [0.5, 0.6) is 5.75 Å². The van der Waals surface area contributed by atoms with Gasteiger partial charge >= 0.3 is 6.36 Å². The Balaban J connectivity index is 1.26. The number of ether oxygens (including phenoxy) is 1. The first-order chi connectivity index (χ1) is 17.3. The zero-order valence-electron chi connectivity index (χ0n) is 19.5. The van der Waals surface area contributed by atoms with Crippen molar-refractivity contribution >= 4 is 28.4 Å². The quantitative estimate of drug-likeness (QED) is 0.502. The van der Waals surface area contributed by atoms with E-state index in [-0.39, 0.29) is 23.5 Å². The van der Waals surface area contributed by atoms with Crippen LogP contribution in [0.3, 0.4) is 0 Å². The van der Waals surface area contributed by atoms with Crippen LogP contribution < -0.4 is 9.64 Å². The van der Waals surface area contributed by atoms with E-state index in [1.807, 2.05) is 23.1 Å². The summed E-state index contributed by atoms with van der Waals surface area (Å²) in [4.78, 5) is 37.7.